The summed E-state index contributed by atoms with van der Waals surface area (Å²) in [5.41, 5.74) is 9.48. The molecule has 0 radical (unpaired) electrons. The third-order valence-corrected chi connectivity index (χ3v) is 3.13. The molecule has 0 bridgehead atoms. The first-order valence-electron chi connectivity index (χ1n) is 4.36. The first-order chi connectivity index (χ1) is 6.84. The van der Waals surface area contributed by atoms with E-state index < -0.39 is 0 Å². The fraction of sp³-hybridized carbons (Fsp3) is 0. The Hall–Kier alpha value is -1.61. The van der Waals surface area contributed by atoms with E-state index in [0.29, 0.717) is 0 Å². The van der Waals surface area contributed by atoms with Crippen LogP contribution in [-0.2, 0) is 0 Å². The fourth-order valence-electron chi connectivity index (χ4n) is 1.68. The Morgan fingerprint density at radius 3 is 3.00 bits per heavy atom. The minimum atomic E-state index is 0.798. The molecule has 0 fully saturated rings. The summed E-state index contributed by atoms with van der Waals surface area (Å²) in [4.78, 5) is 4.35. The predicted molar refractivity (Wildman–Crippen MR) is 61.5 cm³/mol. The van der Waals surface area contributed by atoms with Crippen LogP contribution in [0.3, 0.4) is 0 Å². The molecule has 2 aromatic carbocycles. The van der Waals surface area contributed by atoms with Crippen molar-refractivity contribution >= 4 is 38.0 Å². The zero-order valence-electron chi connectivity index (χ0n) is 7.40. The monoisotopic (exact) mass is 200 g/mol. The molecule has 0 atom stereocenters. The van der Waals surface area contributed by atoms with Gasteiger partial charge < -0.3 is 5.73 Å². The van der Waals surface area contributed by atoms with Gasteiger partial charge in [-0.2, -0.15) is 0 Å². The molecule has 0 saturated heterocycles. The lowest BCUT2D eigenvalue weighted by molar-refractivity contribution is 1.52. The third-order valence-electron chi connectivity index (χ3n) is 2.34. The molecule has 0 spiro atoms. The average Bonchev–Trinajstić information content (AvgIpc) is 2.65. The number of rotatable bonds is 0. The molecule has 0 aliphatic carbocycles. The Labute approximate surface area is 85.0 Å². The summed E-state index contributed by atoms with van der Waals surface area (Å²) in [6.07, 6.45) is 0. The van der Waals surface area contributed by atoms with Crippen molar-refractivity contribution in [3.8, 4) is 0 Å². The van der Waals surface area contributed by atoms with Gasteiger partial charge >= 0.3 is 0 Å². The number of nitrogen functional groups attached to an aromatic ring is 1. The molecule has 0 aliphatic rings. The summed E-state index contributed by atoms with van der Waals surface area (Å²) in [6, 6.07) is 10.1. The number of anilines is 1. The van der Waals surface area contributed by atoms with Crippen molar-refractivity contribution in [1.29, 1.82) is 0 Å². The van der Waals surface area contributed by atoms with Gasteiger partial charge in [0.05, 0.1) is 15.7 Å². The highest BCUT2D eigenvalue weighted by Crippen LogP contribution is 2.27. The SMILES string of the molecule is Nc1ccc2c(ccc3scnc32)c1. The zero-order valence-corrected chi connectivity index (χ0v) is 8.21. The minimum Gasteiger partial charge on any atom is -0.399 e. The van der Waals surface area contributed by atoms with Gasteiger partial charge in [0.25, 0.3) is 0 Å². The molecule has 1 heterocycles. The third kappa shape index (κ3) is 0.992. The van der Waals surface area contributed by atoms with Gasteiger partial charge in [0, 0.05) is 11.1 Å². The van der Waals surface area contributed by atoms with Crippen molar-refractivity contribution in [2.45, 2.75) is 0 Å². The largest absolute Gasteiger partial charge is 0.399 e. The molecular weight excluding hydrogens is 192 g/mol. The molecule has 14 heavy (non-hydrogen) atoms. The van der Waals surface area contributed by atoms with Gasteiger partial charge in [-0.05, 0) is 23.6 Å². The quantitative estimate of drug-likeness (QED) is 0.566. The van der Waals surface area contributed by atoms with Crippen molar-refractivity contribution in [2.75, 3.05) is 5.73 Å². The van der Waals surface area contributed by atoms with Gasteiger partial charge in [-0.1, -0.05) is 12.1 Å². The number of aromatic nitrogens is 1. The first kappa shape index (κ1) is 7.76. The van der Waals surface area contributed by atoms with Crippen LogP contribution < -0.4 is 5.73 Å². The second kappa shape index (κ2) is 2.69. The number of fused-ring (bicyclic) bond motifs is 3. The summed E-state index contributed by atoms with van der Waals surface area (Å²) in [5.74, 6) is 0. The highest BCUT2D eigenvalue weighted by molar-refractivity contribution is 7.16. The van der Waals surface area contributed by atoms with Crippen LogP contribution >= 0.6 is 11.3 Å². The number of hydrogen-bond acceptors (Lipinski definition) is 3. The van der Waals surface area contributed by atoms with Crippen molar-refractivity contribution < 1.29 is 0 Å². The molecule has 0 unspecified atom stereocenters. The van der Waals surface area contributed by atoms with Gasteiger partial charge in [0.1, 0.15) is 0 Å². The van der Waals surface area contributed by atoms with Gasteiger partial charge in [-0.15, -0.1) is 11.3 Å². The second-order valence-electron chi connectivity index (χ2n) is 3.25. The Morgan fingerprint density at radius 1 is 1.14 bits per heavy atom. The maximum absolute atomic E-state index is 5.73. The highest BCUT2D eigenvalue weighted by Gasteiger charge is 2.02. The van der Waals surface area contributed by atoms with Crippen LogP contribution in [0.15, 0.2) is 35.8 Å². The Bertz CT molecular complexity index is 613. The van der Waals surface area contributed by atoms with Crippen molar-refractivity contribution in [2.24, 2.45) is 0 Å². The number of nitrogens with zero attached hydrogens (tertiary/aromatic N) is 1. The smallest absolute Gasteiger partial charge is 0.0890 e. The summed E-state index contributed by atoms with van der Waals surface area (Å²) >= 11 is 1.66. The van der Waals surface area contributed by atoms with Crippen LogP contribution in [0.4, 0.5) is 5.69 Å². The molecule has 2 N–H and O–H groups in total. The lowest BCUT2D eigenvalue weighted by atomic mass is 10.1. The fourth-order valence-corrected chi connectivity index (χ4v) is 2.37. The molecule has 0 saturated carbocycles. The van der Waals surface area contributed by atoms with Gasteiger partial charge in [-0.3, -0.25) is 0 Å². The maximum atomic E-state index is 5.73. The Kier molecular flexibility index (Phi) is 1.49. The average molecular weight is 200 g/mol. The first-order valence-corrected chi connectivity index (χ1v) is 5.24. The summed E-state index contributed by atoms with van der Waals surface area (Å²) in [6.45, 7) is 0. The topological polar surface area (TPSA) is 38.9 Å². The van der Waals surface area contributed by atoms with E-state index in [0.717, 1.165) is 16.6 Å². The van der Waals surface area contributed by atoms with E-state index >= 15 is 0 Å². The molecular formula is C11H8N2S. The predicted octanol–water partition coefficient (Wildman–Crippen LogP) is 3.03. The van der Waals surface area contributed by atoms with Crippen molar-refractivity contribution in [1.82, 2.24) is 4.98 Å². The Morgan fingerprint density at radius 2 is 2.07 bits per heavy atom. The summed E-state index contributed by atoms with van der Waals surface area (Å²) in [5, 5.41) is 2.33. The molecule has 68 valence electrons. The van der Waals surface area contributed by atoms with Crippen LogP contribution in [-0.4, -0.2) is 4.98 Å². The van der Waals surface area contributed by atoms with Crippen molar-refractivity contribution in [3.05, 3.63) is 35.8 Å². The molecule has 3 aromatic rings. The molecule has 1 aromatic heterocycles. The molecule has 3 heteroatoms. The Balaban J connectivity index is 2.57. The number of benzene rings is 2. The minimum absolute atomic E-state index is 0.798. The van der Waals surface area contributed by atoms with E-state index in [1.807, 2.05) is 23.7 Å². The van der Waals surface area contributed by atoms with Crippen LogP contribution in [0.25, 0.3) is 21.0 Å². The number of hydrogen-bond donors (Lipinski definition) is 1. The molecule has 3 rings (SSSR count). The van der Waals surface area contributed by atoms with Crippen LogP contribution in [0.1, 0.15) is 0 Å². The van der Waals surface area contributed by atoms with Crippen LogP contribution in [0.2, 0.25) is 0 Å². The summed E-state index contributed by atoms with van der Waals surface area (Å²) < 4.78 is 1.22. The van der Waals surface area contributed by atoms with E-state index in [1.54, 1.807) is 11.3 Å². The molecule has 2 nitrogen and oxygen atoms in total. The lowest BCUT2D eigenvalue weighted by Crippen LogP contribution is -1.83. The second-order valence-corrected chi connectivity index (χ2v) is 4.13. The van der Waals surface area contributed by atoms with E-state index in [4.69, 9.17) is 5.73 Å². The lowest BCUT2D eigenvalue weighted by Gasteiger charge is -1.99. The van der Waals surface area contributed by atoms with E-state index in [-0.39, 0.29) is 0 Å². The van der Waals surface area contributed by atoms with Crippen LogP contribution in [0, 0.1) is 0 Å². The normalized spacial score (nSPS) is 11.1. The standard InChI is InChI=1S/C11H8N2S/c12-8-2-3-9-7(5-8)1-4-10-11(9)13-6-14-10/h1-6H,12H2. The van der Waals surface area contributed by atoms with Gasteiger partial charge in [0.2, 0.25) is 0 Å². The highest BCUT2D eigenvalue weighted by atomic mass is 32.1. The van der Waals surface area contributed by atoms with E-state index in [1.165, 1.54) is 10.1 Å². The van der Waals surface area contributed by atoms with E-state index in [2.05, 4.69) is 17.1 Å². The van der Waals surface area contributed by atoms with Gasteiger partial charge in [0.15, 0.2) is 0 Å². The number of thiazole rings is 1. The van der Waals surface area contributed by atoms with Gasteiger partial charge in [-0.25, -0.2) is 4.98 Å². The summed E-state index contributed by atoms with van der Waals surface area (Å²) in [7, 11) is 0. The number of nitrogens with two attached hydrogens (primary N) is 1. The molecule has 0 amide bonds. The van der Waals surface area contributed by atoms with E-state index in [9.17, 15) is 0 Å². The maximum Gasteiger partial charge on any atom is 0.0890 e. The molecule has 0 aliphatic heterocycles. The van der Waals surface area contributed by atoms with Crippen molar-refractivity contribution in [3.63, 3.8) is 0 Å². The zero-order chi connectivity index (χ0) is 9.54. The van der Waals surface area contributed by atoms with Crippen LogP contribution in [0.5, 0.6) is 0 Å².